The van der Waals surface area contributed by atoms with Gasteiger partial charge in [0, 0.05) is 4.75 Å². The third-order valence-electron chi connectivity index (χ3n) is 3.91. The maximum absolute atomic E-state index is 12.0. The Labute approximate surface area is 117 Å². The second-order valence-electron chi connectivity index (χ2n) is 5.72. The molecule has 1 rings (SSSR count). The van der Waals surface area contributed by atoms with Crippen LogP contribution in [0.25, 0.3) is 0 Å². The van der Waals surface area contributed by atoms with Crippen molar-refractivity contribution in [3.8, 4) is 0 Å². The third kappa shape index (κ3) is 5.17. The Kier molecular flexibility index (Phi) is 7.06. The minimum absolute atomic E-state index is 0.215. The van der Waals surface area contributed by atoms with Gasteiger partial charge in [0.05, 0.1) is 0 Å². The Morgan fingerprint density at radius 1 is 1.17 bits per heavy atom. The van der Waals surface area contributed by atoms with Gasteiger partial charge in [0.2, 0.25) is 5.12 Å². The molecule has 18 heavy (non-hydrogen) atoms. The molecule has 0 amide bonds. The van der Waals surface area contributed by atoms with Crippen molar-refractivity contribution in [1.82, 2.24) is 0 Å². The van der Waals surface area contributed by atoms with E-state index in [2.05, 4.69) is 13.5 Å². The van der Waals surface area contributed by atoms with Gasteiger partial charge in [-0.05, 0) is 31.8 Å². The van der Waals surface area contributed by atoms with Gasteiger partial charge in [-0.1, -0.05) is 70.2 Å². The second kappa shape index (κ2) is 8.04. The largest absolute Gasteiger partial charge is 0.282 e. The van der Waals surface area contributed by atoms with Gasteiger partial charge in [0.15, 0.2) is 0 Å². The van der Waals surface area contributed by atoms with E-state index in [4.69, 9.17) is 0 Å². The van der Waals surface area contributed by atoms with E-state index in [1.165, 1.54) is 64.2 Å². The summed E-state index contributed by atoms with van der Waals surface area (Å²) in [6, 6.07) is 0. The van der Waals surface area contributed by atoms with Crippen molar-refractivity contribution in [3.63, 3.8) is 0 Å². The van der Waals surface area contributed by atoms with E-state index < -0.39 is 0 Å². The van der Waals surface area contributed by atoms with E-state index in [-0.39, 0.29) is 9.86 Å². The van der Waals surface area contributed by atoms with E-state index in [0.29, 0.717) is 5.57 Å². The number of carbonyl (C=O) groups is 1. The summed E-state index contributed by atoms with van der Waals surface area (Å²) in [4.78, 5) is 12.0. The van der Waals surface area contributed by atoms with Gasteiger partial charge in [-0.15, -0.1) is 0 Å². The highest BCUT2D eigenvalue weighted by Gasteiger charge is 2.33. The average Bonchev–Trinajstić information content (AvgIpc) is 2.31. The summed E-state index contributed by atoms with van der Waals surface area (Å²) < 4.78 is 0.215. The molecule has 0 aliphatic heterocycles. The molecule has 104 valence electrons. The molecular weight excluding hydrogens is 240 g/mol. The minimum atomic E-state index is 0.215. The van der Waals surface area contributed by atoms with Crippen LogP contribution in [0.3, 0.4) is 0 Å². The predicted octanol–water partition coefficient (Wildman–Crippen LogP) is 5.50. The average molecular weight is 268 g/mol. The Balaban J connectivity index is 2.70. The van der Waals surface area contributed by atoms with Gasteiger partial charge in [0.1, 0.15) is 0 Å². The van der Waals surface area contributed by atoms with Crippen molar-refractivity contribution in [3.05, 3.63) is 12.2 Å². The normalized spacial score (nSPS) is 19.9. The number of hydrogen-bond acceptors (Lipinski definition) is 2. The zero-order valence-electron chi connectivity index (χ0n) is 12.1. The molecule has 1 aliphatic rings. The lowest BCUT2D eigenvalue weighted by molar-refractivity contribution is -0.107. The molecule has 1 fully saturated rings. The van der Waals surface area contributed by atoms with Crippen molar-refractivity contribution >= 4 is 16.9 Å². The van der Waals surface area contributed by atoms with Crippen molar-refractivity contribution in [2.45, 2.75) is 82.8 Å². The molecule has 1 aliphatic carbocycles. The number of unbranched alkanes of at least 4 members (excludes halogenated alkanes) is 1. The minimum Gasteiger partial charge on any atom is -0.282 e. The maximum atomic E-state index is 12.0. The maximum Gasteiger partial charge on any atom is 0.214 e. The molecule has 0 spiro atoms. The fourth-order valence-electron chi connectivity index (χ4n) is 2.74. The Morgan fingerprint density at radius 3 is 2.22 bits per heavy atom. The summed E-state index contributed by atoms with van der Waals surface area (Å²) in [5, 5.41) is 0.215. The van der Waals surface area contributed by atoms with Gasteiger partial charge < -0.3 is 0 Å². The van der Waals surface area contributed by atoms with Crippen LogP contribution in [0, 0.1) is 0 Å². The van der Waals surface area contributed by atoms with Crippen LogP contribution in [0.1, 0.15) is 78.1 Å². The van der Waals surface area contributed by atoms with Crippen LogP contribution in [0.15, 0.2) is 12.2 Å². The Hall–Kier alpha value is -0.240. The zero-order chi connectivity index (χ0) is 13.4. The molecule has 0 unspecified atom stereocenters. The standard InChI is InChI=1S/C16H28OS/c1-4-5-11-16(18-15(17)14(2)3)12-9-7-6-8-10-13-16/h2,4-13H2,1,3H3. The molecular formula is C16H28OS. The van der Waals surface area contributed by atoms with Gasteiger partial charge in [0.25, 0.3) is 0 Å². The molecule has 0 aromatic heterocycles. The smallest absolute Gasteiger partial charge is 0.214 e. The topological polar surface area (TPSA) is 17.1 Å². The number of carbonyl (C=O) groups excluding carboxylic acids is 1. The van der Waals surface area contributed by atoms with Crippen LogP contribution in [0.2, 0.25) is 0 Å². The highest BCUT2D eigenvalue weighted by molar-refractivity contribution is 8.15. The van der Waals surface area contributed by atoms with Gasteiger partial charge >= 0.3 is 0 Å². The molecule has 0 aromatic carbocycles. The van der Waals surface area contributed by atoms with Gasteiger partial charge in [-0.3, -0.25) is 4.79 Å². The lowest BCUT2D eigenvalue weighted by Crippen LogP contribution is -2.28. The molecule has 0 heterocycles. The van der Waals surface area contributed by atoms with E-state index in [1.54, 1.807) is 11.8 Å². The highest BCUT2D eigenvalue weighted by Crippen LogP contribution is 2.43. The van der Waals surface area contributed by atoms with Crippen LogP contribution in [-0.4, -0.2) is 9.86 Å². The number of hydrogen-bond donors (Lipinski definition) is 0. The van der Waals surface area contributed by atoms with E-state index in [1.807, 2.05) is 6.92 Å². The second-order valence-corrected chi connectivity index (χ2v) is 7.17. The van der Waals surface area contributed by atoms with Crippen molar-refractivity contribution in [1.29, 1.82) is 0 Å². The first-order chi connectivity index (χ1) is 8.59. The summed E-state index contributed by atoms with van der Waals surface area (Å²) >= 11 is 1.60. The summed E-state index contributed by atoms with van der Waals surface area (Å²) in [6.45, 7) is 7.88. The Morgan fingerprint density at radius 2 is 1.72 bits per heavy atom. The fraction of sp³-hybridized carbons (Fsp3) is 0.812. The van der Waals surface area contributed by atoms with Gasteiger partial charge in [-0.25, -0.2) is 0 Å². The lowest BCUT2D eigenvalue weighted by Gasteiger charge is -2.34. The summed E-state index contributed by atoms with van der Waals surface area (Å²) in [5.41, 5.74) is 0.706. The van der Waals surface area contributed by atoms with Crippen LogP contribution in [-0.2, 0) is 4.79 Å². The predicted molar refractivity (Wildman–Crippen MR) is 82.0 cm³/mol. The molecule has 0 aromatic rings. The van der Waals surface area contributed by atoms with E-state index in [0.717, 1.165) is 0 Å². The third-order valence-corrected chi connectivity index (χ3v) is 5.49. The van der Waals surface area contributed by atoms with Crippen LogP contribution < -0.4 is 0 Å². The monoisotopic (exact) mass is 268 g/mol. The molecule has 1 saturated carbocycles. The number of thioether (sulfide) groups is 1. The lowest BCUT2D eigenvalue weighted by atomic mass is 9.86. The molecule has 2 heteroatoms. The summed E-state index contributed by atoms with van der Waals surface area (Å²) in [7, 11) is 0. The van der Waals surface area contributed by atoms with Gasteiger partial charge in [-0.2, -0.15) is 0 Å². The molecule has 0 N–H and O–H groups in total. The Bertz CT molecular complexity index is 269. The zero-order valence-corrected chi connectivity index (χ0v) is 12.9. The first-order valence-electron chi connectivity index (χ1n) is 7.48. The quantitative estimate of drug-likeness (QED) is 0.613. The first-order valence-corrected chi connectivity index (χ1v) is 8.30. The van der Waals surface area contributed by atoms with Crippen LogP contribution in [0.4, 0.5) is 0 Å². The van der Waals surface area contributed by atoms with E-state index in [9.17, 15) is 4.79 Å². The molecule has 0 saturated heterocycles. The first kappa shape index (κ1) is 15.8. The molecule has 1 nitrogen and oxygen atoms in total. The highest BCUT2D eigenvalue weighted by atomic mass is 32.2. The van der Waals surface area contributed by atoms with Crippen LogP contribution >= 0.6 is 11.8 Å². The summed E-state index contributed by atoms with van der Waals surface area (Å²) in [6.07, 6.45) is 12.8. The van der Waals surface area contributed by atoms with Crippen molar-refractivity contribution < 1.29 is 4.79 Å². The molecule has 0 radical (unpaired) electrons. The van der Waals surface area contributed by atoms with E-state index >= 15 is 0 Å². The number of rotatable bonds is 5. The van der Waals surface area contributed by atoms with Crippen molar-refractivity contribution in [2.75, 3.05) is 0 Å². The molecule has 0 bridgehead atoms. The van der Waals surface area contributed by atoms with Crippen molar-refractivity contribution in [2.24, 2.45) is 0 Å². The SMILES string of the molecule is C=C(C)C(=O)SC1(CCCC)CCCCCCC1. The van der Waals surface area contributed by atoms with Crippen LogP contribution in [0.5, 0.6) is 0 Å². The fourth-order valence-corrected chi connectivity index (χ4v) is 4.04. The summed E-state index contributed by atoms with van der Waals surface area (Å²) in [5.74, 6) is 0. The molecule has 0 atom stereocenters.